The Bertz CT molecular complexity index is 491. The molecule has 0 bridgehead atoms. The number of hydrogen-bond donors (Lipinski definition) is 1. The van der Waals surface area contributed by atoms with Gasteiger partial charge < -0.3 is 9.84 Å². The van der Waals surface area contributed by atoms with E-state index in [2.05, 4.69) is 0 Å². The van der Waals surface area contributed by atoms with Gasteiger partial charge in [0.1, 0.15) is 24.3 Å². The Labute approximate surface area is 106 Å². The molecule has 0 aromatic heterocycles. The quantitative estimate of drug-likeness (QED) is 0.897. The SMILES string of the molecule is Cc1ccc(OCC(O)c2ccc(F)cc2)cc1. The largest absolute Gasteiger partial charge is 0.491 e. The summed E-state index contributed by atoms with van der Waals surface area (Å²) in [4.78, 5) is 0. The van der Waals surface area contributed by atoms with Crippen LogP contribution in [0, 0.1) is 12.7 Å². The van der Waals surface area contributed by atoms with Crippen molar-refractivity contribution in [2.45, 2.75) is 13.0 Å². The van der Waals surface area contributed by atoms with Crippen molar-refractivity contribution in [2.75, 3.05) is 6.61 Å². The number of aliphatic hydroxyl groups excluding tert-OH is 1. The van der Waals surface area contributed by atoms with Gasteiger partial charge in [0.15, 0.2) is 0 Å². The van der Waals surface area contributed by atoms with Gasteiger partial charge in [-0.15, -0.1) is 0 Å². The molecule has 2 aromatic carbocycles. The highest BCUT2D eigenvalue weighted by Crippen LogP contribution is 2.17. The van der Waals surface area contributed by atoms with E-state index in [-0.39, 0.29) is 12.4 Å². The van der Waals surface area contributed by atoms with E-state index in [9.17, 15) is 9.50 Å². The molecular weight excluding hydrogens is 231 g/mol. The van der Waals surface area contributed by atoms with E-state index < -0.39 is 6.10 Å². The fourth-order valence-electron chi connectivity index (χ4n) is 1.59. The Kier molecular flexibility index (Phi) is 3.95. The zero-order chi connectivity index (χ0) is 13.0. The molecule has 1 unspecified atom stereocenters. The van der Waals surface area contributed by atoms with Gasteiger partial charge in [-0.25, -0.2) is 4.39 Å². The van der Waals surface area contributed by atoms with Gasteiger partial charge in [-0.2, -0.15) is 0 Å². The average molecular weight is 246 g/mol. The molecule has 18 heavy (non-hydrogen) atoms. The van der Waals surface area contributed by atoms with E-state index in [1.807, 2.05) is 31.2 Å². The summed E-state index contributed by atoms with van der Waals surface area (Å²) in [6, 6.07) is 13.4. The molecule has 0 aliphatic rings. The van der Waals surface area contributed by atoms with E-state index in [1.54, 1.807) is 12.1 Å². The molecule has 0 saturated carbocycles. The monoisotopic (exact) mass is 246 g/mol. The smallest absolute Gasteiger partial charge is 0.123 e. The first-order valence-corrected chi connectivity index (χ1v) is 5.78. The molecule has 94 valence electrons. The molecule has 1 atom stereocenters. The zero-order valence-electron chi connectivity index (χ0n) is 10.1. The van der Waals surface area contributed by atoms with Crippen LogP contribution in [0.5, 0.6) is 5.75 Å². The first kappa shape index (κ1) is 12.6. The van der Waals surface area contributed by atoms with Crippen LogP contribution in [-0.2, 0) is 0 Å². The number of aliphatic hydroxyl groups is 1. The van der Waals surface area contributed by atoms with Gasteiger partial charge in [-0.05, 0) is 36.8 Å². The third-order valence-corrected chi connectivity index (χ3v) is 2.68. The Morgan fingerprint density at radius 1 is 1.06 bits per heavy atom. The Hall–Kier alpha value is -1.87. The van der Waals surface area contributed by atoms with Gasteiger partial charge in [-0.1, -0.05) is 29.8 Å². The van der Waals surface area contributed by atoms with E-state index in [0.717, 1.165) is 5.56 Å². The summed E-state index contributed by atoms with van der Waals surface area (Å²) >= 11 is 0. The van der Waals surface area contributed by atoms with Gasteiger partial charge in [0.2, 0.25) is 0 Å². The lowest BCUT2D eigenvalue weighted by molar-refractivity contribution is 0.108. The van der Waals surface area contributed by atoms with Crippen molar-refractivity contribution in [3.63, 3.8) is 0 Å². The second-order valence-corrected chi connectivity index (χ2v) is 4.19. The van der Waals surface area contributed by atoms with Gasteiger partial charge in [-0.3, -0.25) is 0 Å². The lowest BCUT2D eigenvalue weighted by Gasteiger charge is -2.12. The molecule has 3 heteroatoms. The predicted octanol–water partition coefficient (Wildman–Crippen LogP) is 3.25. The van der Waals surface area contributed by atoms with Gasteiger partial charge >= 0.3 is 0 Å². The van der Waals surface area contributed by atoms with Crippen molar-refractivity contribution < 1.29 is 14.2 Å². The van der Waals surface area contributed by atoms with E-state index in [4.69, 9.17) is 4.74 Å². The highest BCUT2D eigenvalue weighted by Gasteiger charge is 2.08. The van der Waals surface area contributed by atoms with Crippen LogP contribution >= 0.6 is 0 Å². The van der Waals surface area contributed by atoms with Crippen LogP contribution in [0.2, 0.25) is 0 Å². The van der Waals surface area contributed by atoms with Crippen molar-refractivity contribution in [3.05, 3.63) is 65.5 Å². The number of rotatable bonds is 4. The number of ether oxygens (including phenoxy) is 1. The summed E-state index contributed by atoms with van der Waals surface area (Å²) in [5.41, 5.74) is 1.80. The van der Waals surface area contributed by atoms with Gasteiger partial charge in [0, 0.05) is 0 Å². The van der Waals surface area contributed by atoms with Crippen LogP contribution in [-0.4, -0.2) is 11.7 Å². The van der Waals surface area contributed by atoms with Gasteiger partial charge in [0.25, 0.3) is 0 Å². The van der Waals surface area contributed by atoms with E-state index >= 15 is 0 Å². The van der Waals surface area contributed by atoms with Crippen LogP contribution in [0.25, 0.3) is 0 Å². The summed E-state index contributed by atoms with van der Waals surface area (Å²) in [5.74, 6) is 0.396. The first-order chi connectivity index (χ1) is 8.65. The molecule has 0 saturated heterocycles. The molecule has 2 aromatic rings. The maximum absolute atomic E-state index is 12.7. The number of aryl methyl sites for hydroxylation is 1. The van der Waals surface area contributed by atoms with Crippen LogP contribution < -0.4 is 4.74 Å². The van der Waals surface area contributed by atoms with Crippen molar-refractivity contribution in [2.24, 2.45) is 0 Å². The summed E-state index contributed by atoms with van der Waals surface area (Å²) in [5, 5.41) is 9.88. The Morgan fingerprint density at radius 3 is 2.28 bits per heavy atom. The number of halogens is 1. The lowest BCUT2D eigenvalue weighted by atomic mass is 10.1. The van der Waals surface area contributed by atoms with E-state index in [1.165, 1.54) is 12.1 Å². The second-order valence-electron chi connectivity index (χ2n) is 4.19. The fraction of sp³-hybridized carbons (Fsp3) is 0.200. The summed E-state index contributed by atoms with van der Waals surface area (Å²) in [7, 11) is 0. The lowest BCUT2D eigenvalue weighted by Crippen LogP contribution is -2.09. The molecule has 0 spiro atoms. The van der Waals surface area contributed by atoms with Crippen molar-refractivity contribution in [1.29, 1.82) is 0 Å². The highest BCUT2D eigenvalue weighted by atomic mass is 19.1. The number of hydrogen-bond acceptors (Lipinski definition) is 2. The molecular formula is C15H15FO2. The predicted molar refractivity (Wildman–Crippen MR) is 68.0 cm³/mol. The zero-order valence-corrected chi connectivity index (χ0v) is 10.1. The minimum Gasteiger partial charge on any atom is -0.491 e. The van der Waals surface area contributed by atoms with Crippen LogP contribution in [0.15, 0.2) is 48.5 Å². The molecule has 0 fully saturated rings. The molecule has 0 radical (unpaired) electrons. The van der Waals surface area contributed by atoms with Crippen LogP contribution in [0.1, 0.15) is 17.2 Å². The second kappa shape index (κ2) is 5.65. The van der Waals surface area contributed by atoms with Crippen molar-refractivity contribution in [1.82, 2.24) is 0 Å². The van der Waals surface area contributed by atoms with Gasteiger partial charge in [0.05, 0.1) is 0 Å². The topological polar surface area (TPSA) is 29.5 Å². The maximum atomic E-state index is 12.7. The molecule has 0 aliphatic carbocycles. The van der Waals surface area contributed by atoms with Crippen LogP contribution in [0.3, 0.4) is 0 Å². The highest BCUT2D eigenvalue weighted by molar-refractivity contribution is 5.26. The maximum Gasteiger partial charge on any atom is 0.123 e. The molecule has 2 nitrogen and oxygen atoms in total. The average Bonchev–Trinajstić information content (AvgIpc) is 2.38. The third kappa shape index (κ3) is 3.31. The number of benzene rings is 2. The molecule has 0 aliphatic heterocycles. The molecule has 2 rings (SSSR count). The molecule has 0 amide bonds. The minimum absolute atomic E-state index is 0.148. The standard InChI is InChI=1S/C15H15FO2/c1-11-2-8-14(9-3-11)18-10-15(17)12-4-6-13(16)7-5-12/h2-9,15,17H,10H2,1H3. The van der Waals surface area contributed by atoms with E-state index in [0.29, 0.717) is 11.3 Å². The third-order valence-electron chi connectivity index (χ3n) is 2.68. The fourth-order valence-corrected chi connectivity index (χ4v) is 1.59. The Morgan fingerprint density at radius 2 is 1.67 bits per heavy atom. The molecule has 1 N–H and O–H groups in total. The van der Waals surface area contributed by atoms with Crippen molar-refractivity contribution in [3.8, 4) is 5.75 Å². The normalized spacial score (nSPS) is 12.2. The summed E-state index contributed by atoms with van der Waals surface area (Å²) in [6.07, 6.45) is -0.757. The summed E-state index contributed by atoms with van der Waals surface area (Å²) < 4.78 is 18.2. The van der Waals surface area contributed by atoms with Crippen molar-refractivity contribution >= 4 is 0 Å². The Balaban J connectivity index is 1.93. The first-order valence-electron chi connectivity index (χ1n) is 5.78. The minimum atomic E-state index is -0.757. The summed E-state index contributed by atoms with van der Waals surface area (Å²) in [6.45, 7) is 2.14. The molecule has 0 heterocycles. The van der Waals surface area contributed by atoms with Crippen LogP contribution in [0.4, 0.5) is 4.39 Å².